The van der Waals surface area contributed by atoms with Gasteiger partial charge in [-0.05, 0) is 19.9 Å². The van der Waals surface area contributed by atoms with Crippen LogP contribution < -0.4 is 10.1 Å². The lowest BCUT2D eigenvalue weighted by atomic mass is 10.2. The Morgan fingerprint density at radius 1 is 1.52 bits per heavy atom. The van der Waals surface area contributed by atoms with Gasteiger partial charge in [0.15, 0.2) is 5.96 Å². The van der Waals surface area contributed by atoms with Crippen LogP contribution in [0.25, 0.3) is 0 Å². The highest BCUT2D eigenvalue weighted by atomic mass is 32.2. The average Bonchev–Trinajstić information content (AvgIpc) is 2.47. The first kappa shape index (κ1) is 15.9. The first-order chi connectivity index (χ1) is 10.0. The zero-order chi connectivity index (χ0) is 15.3. The van der Waals surface area contributed by atoms with Crippen LogP contribution >= 0.6 is 11.8 Å². The molecule has 2 rings (SSSR count). The summed E-state index contributed by atoms with van der Waals surface area (Å²) in [6, 6.07) is 5.79. The number of guanidine groups is 1. The Kier molecular flexibility index (Phi) is 5.33. The Bertz CT molecular complexity index is 504. The van der Waals surface area contributed by atoms with E-state index in [1.807, 2.05) is 37.0 Å². The smallest absolute Gasteiger partial charge is 0.213 e. The van der Waals surface area contributed by atoms with Crippen molar-refractivity contribution in [1.82, 2.24) is 15.2 Å². The molecule has 1 saturated heterocycles. The van der Waals surface area contributed by atoms with Gasteiger partial charge in [-0.1, -0.05) is 6.07 Å². The first-order valence-electron chi connectivity index (χ1n) is 7.13. The summed E-state index contributed by atoms with van der Waals surface area (Å²) in [4.78, 5) is 11.1. The minimum atomic E-state index is 0.268. The number of ether oxygens (including phenoxy) is 1. The van der Waals surface area contributed by atoms with Crippen molar-refractivity contribution < 1.29 is 4.74 Å². The van der Waals surface area contributed by atoms with Crippen LogP contribution in [0.3, 0.4) is 0 Å². The van der Waals surface area contributed by atoms with Crippen LogP contribution in [0, 0.1) is 0 Å². The third-order valence-corrected chi connectivity index (χ3v) is 4.65. The summed E-state index contributed by atoms with van der Waals surface area (Å²) in [6.45, 7) is 7.23. The molecule has 21 heavy (non-hydrogen) atoms. The third kappa shape index (κ3) is 4.52. The van der Waals surface area contributed by atoms with E-state index in [0.29, 0.717) is 12.4 Å². The summed E-state index contributed by atoms with van der Waals surface area (Å²) < 4.78 is 5.42. The SMILES string of the molecule is CN=C(NCc1cccc(OC)n1)N1CCSC(C)(C)C1. The maximum absolute atomic E-state index is 5.15. The van der Waals surface area contributed by atoms with Crippen LogP contribution in [0.5, 0.6) is 5.88 Å². The Labute approximate surface area is 131 Å². The van der Waals surface area contributed by atoms with Crippen molar-refractivity contribution in [3.63, 3.8) is 0 Å². The van der Waals surface area contributed by atoms with Crippen molar-refractivity contribution in [1.29, 1.82) is 0 Å². The summed E-state index contributed by atoms with van der Waals surface area (Å²) in [5.74, 6) is 2.71. The summed E-state index contributed by atoms with van der Waals surface area (Å²) in [7, 11) is 3.46. The minimum absolute atomic E-state index is 0.268. The number of hydrogen-bond acceptors (Lipinski definition) is 4. The fraction of sp³-hybridized carbons (Fsp3) is 0.600. The molecule has 0 amide bonds. The van der Waals surface area contributed by atoms with Crippen LogP contribution in [0.15, 0.2) is 23.2 Å². The van der Waals surface area contributed by atoms with Crippen molar-refractivity contribution in [2.45, 2.75) is 25.1 Å². The molecule has 0 bridgehead atoms. The maximum Gasteiger partial charge on any atom is 0.213 e. The molecule has 5 nitrogen and oxygen atoms in total. The molecule has 1 aromatic heterocycles. The second kappa shape index (κ2) is 7.02. The number of rotatable bonds is 3. The van der Waals surface area contributed by atoms with Gasteiger partial charge in [-0.25, -0.2) is 4.98 Å². The predicted molar refractivity (Wildman–Crippen MR) is 89.1 cm³/mol. The molecular weight excluding hydrogens is 284 g/mol. The molecule has 1 aliphatic rings. The van der Waals surface area contributed by atoms with Gasteiger partial charge in [0.25, 0.3) is 0 Å². The summed E-state index contributed by atoms with van der Waals surface area (Å²) in [6.07, 6.45) is 0. The Hall–Kier alpha value is -1.43. The highest BCUT2D eigenvalue weighted by molar-refractivity contribution is 8.00. The van der Waals surface area contributed by atoms with Crippen LogP contribution in [0.2, 0.25) is 0 Å². The van der Waals surface area contributed by atoms with Crippen LogP contribution in [0.4, 0.5) is 0 Å². The summed E-state index contributed by atoms with van der Waals surface area (Å²) in [5, 5.41) is 3.39. The van der Waals surface area contributed by atoms with Crippen molar-refractivity contribution in [2.24, 2.45) is 4.99 Å². The molecule has 0 atom stereocenters. The first-order valence-corrected chi connectivity index (χ1v) is 8.12. The quantitative estimate of drug-likeness (QED) is 0.683. The fourth-order valence-corrected chi connectivity index (χ4v) is 3.48. The van der Waals surface area contributed by atoms with Crippen LogP contribution in [0.1, 0.15) is 19.5 Å². The van der Waals surface area contributed by atoms with E-state index in [4.69, 9.17) is 4.74 Å². The van der Waals surface area contributed by atoms with E-state index in [9.17, 15) is 0 Å². The van der Waals surface area contributed by atoms with Gasteiger partial charge in [0, 0.05) is 36.7 Å². The molecule has 0 radical (unpaired) electrons. The number of thioether (sulfide) groups is 1. The van der Waals surface area contributed by atoms with Crippen LogP contribution in [-0.4, -0.2) is 53.6 Å². The third-order valence-electron chi connectivity index (χ3n) is 3.35. The molecule has 116 valence electrons. The van der Waals surface area contributed by atoms with E-state index in [-0.39, 0.29) is 4.75 Å². The van der Waals surface area contributed by atoms with E-state index in [0.717, 1.165) is 30.5 Å². The Morgan fingerprint density at radius 3 is 3.00 bits per heavy atom. The molecule has 1 aromatic rings. The molecular formula is C15H24N4OS. The average molecular weight is 308 g/mol. The van der Waals surface area contributed by atoms with Crippen molar-refractivity contribution in [2.75, 3.05) is 33.0 Å². The van der Waals surface area contributed by atoms with Gasteiger partial charge in [-0.3, -0.25) is 4.99 Å². The zero-order valence-corrected chi connectivity index (χ0v) is 14.0. The molecule has 1 aliphatic heterocycles. The van der Waals surface area contributed by atoms with Crippen molar-refractivity contribution in [3.8, 4) is 5.88 Å². The normalized spacial score (nSPS) is 18.5. The monoisotopic (exact) mass is 308 g/mol. The summed E-state index contributed by atoms with van der Waals surface area (Å²) >= 11 is 2.02. The van der Waals surface area contributed by atoms with Crippen molar-refractivity contribution >= 4 is 17.7 Å². The van der Waals surface area contributed by atoms with E-state index >= 15 is 0 Å². The summed E-state index contributed by atoms with van der Waals surface area (Å²) in [5.41, 5.74) is 0.946. The molecule has 6 heteroatoms. The lowest BCUT2D eigenvalue weighted by Gasteiger charge is -2.39. The number of pyridine rings is 1. The number of nitrogens with one attached hydrogen (secondary N) is 1. The van der Waals surface area contributed by atoms with Gasteiger partial charge in [-0.15, -0.1) is 0 Å². The predicted octanol–water partition coefficient (Wildman–Crippen LogP) is 1.99. The van der Waals surface area contributed by atoms with E-state index in [1.165, 1.54) is 0 Å². The van der Waals surface area contributed by atoms with E-state index in [2.05, 4.69) is 34.0 Å². The Morgan fingerprint density at radius 2 is 2.33 bits per heavy atom. The number of nitrogens with zero attached hydrogens (tertiary/aromatic N) is 3. The second-order valence-corrected chi connectivity index (χ2v) is 7.40. The van der Waals surface area contributed by atoms with Gasteiger partial charge in [0.1, 0.15) is 0 Å². The maximum atomic E-state index is 5.15. The van der Waals surface area contributed by atoms with E-state index < -0.39 is 0 Å². The molecule has 1 N–H and O–H groups in total. The largest absolute Gasteiger partial charge is 0.481 e. The van der Waals surface area contributed by atoms with Gasteiger partial charge in [-0.2, -0.15) is 11.8 Å². The van der Waals surface area contributed by atoms with Crippen LogP contribution in [-0.2, 0) is 6.54 Å². The lowest BCUT2D eigenvalue weighted by molar-refractivity contribution is 0.375. The van der Waals surface area contributed by atoms with Gasteiger partial charge in [0.05, 0.1) is 19.3 Å². The molecule has 0 saturated carbocycles. The fourth-order valence-electron chi connectivity index (χ4n) is 2.37. The lowest BCUT2D eigenvalue weighted by Crippen LogP contribution is -2.50. The van der Waals surface area contributed by atoms with Gasteiger partial charge < -0.3 is 15.0 Å². The molecule has 0 aliphatic carbocycles. The van der Waals surface area contributed by atoms with E-state index in [1.54, 1.807) is 7.11 Å². The van der Waals surface area contributed by atoms with Gasteiger partial charge in [0.2, 0.25) is 5.88 Å². The molecule has 0 aromatic carbocycles. The highest BCUT2D eigenvalue weighted by Crippen LogP contribution is 2.29. The standard InChI is InChI=1S/C15H24N4OS/c1-15(2)11-19(8-9-21-15)14(16-3)17-10-12-6-5-7-13(18-12)20-4/h5-7H,8-11H2,1-4H3,(H,16,17). The highest BCUT2D eigenvalue weighted by Gasteiger charge is 2.28. The molecule has 2 heterocycles. The molecule has 0 spiro atoms. The number of hydrogen-bond donors (Lipinski definition) is 1. The number of aromatic nitrogens is 1. The molecule has 0 unspecified atom stereocenters. The van der Waals surface area contributed by atoms with Gasteiger partial charge >= 0.3 is 0 Å². The topological polar surface area (TPSA) is 49.8 Å². The number of aliphatic imine (C=N–C) groups is 1. The number of methoxy groups -OCH3 is 1. The Balaban J connectivity index is 1.96. The minimum Gasteiger partial charge on any atom is -0.481 e. The molecule has 1 fully saturated rings. The second-order valence-electron chi connectivity index (χ2n) is 5.60. The zero-order valence-electron chi connectivity index (χ0n) is 13.2. The van der Waals surface area contributed by atoms with Crippen molar-refractivity contribution in [3.05, 3.63) is 23.9 Å².